The van der Waals surface area contributed by atoms with Gasteiger partial charge >= 0.3 is 6.03 Å². The first-order valence-electron chi connectivity index (χ1n) is 5.37. The van der Waals surface area contributed by atoms with E-state index in [1.54, 1.807) is 0 Å². The number of nitrogens with zero attached hydrogens (tertiary/aromatic N) is 2. The van der Waals surface area contributed by atoms with Gasteiger partial charge in [-0.25, -0.2) is 14.6 Å². The van der Waals surface area contributed by atoms with Gasteiger partial charge in [0.15, 0.2) is 0 Å². The molecule has 0 atom stereocenters. The summed E-state index contributed by atoms with van der Waals surface area (Å²) < 4.78 is 0. The van der Waals surface area contributed by atoms with Crippen molar-refractivity contribution in [3.63, 3.8) is 0 Å². The Labute approximate surface area is 93.7 Å². The molecule has 6 nitrogen and oxygen atoms in total. The van der Waals surface area contributed by atoms with E-state index in [1.165, 1.54) is 11.0 Å². The number of hydrogen-bond acceptors (Lipinski definition) is 4. The van der Waals surface area contributed by atoms with Crippen LogP contribution in [0.4, 0.5) is 4.79 Å². The van der Waals surface area contributed by atoms with Gasteiger partial charge in [-0.1, -0.05) is 6.42 Å². The lowest BCUT2D eigenvalue weighted by atomic mass is 10.2. The van der Waals surface area contributed by atoms with E-state index in [1.807, 2.05) is 0 Å². The second-order valence-corrected chi connectivity index (χ2v) is 3.56. The normalized spacial score (nSPS) is 14.5. The number of isocyanates is 1. The van der Waals surface area contributed by atoms with Crippen LogP contribution in [0.2, 0.25) is 0 Å². The molecule has 0 spiro atoms. The van der Waals surface area contributed by atoms with Crippen LogP contribution in [-0.4, -0.2) is 42.6 Å². The lowest BCUT2D eigenvalue weighted by Crippen LogP contribution is -2.33. The molecular weight excluding hydrogens is 210 g/mol. The standard InChI is InChI=1S/C10H15N3O3/c14-8-11-5-3-1-2-4-9(15)13-7-6-12-10(13)16/h1-7H2,(H,12,16). The van der Waals surface area contributed by atoms with E-state index in [0.717, 1.165) is 19.3 Å². The van der Waals surface area contributed by atoms with Crippen LogP contribution in [0.5, 0.6) is 0 Å². The van der Waals surface area contributed by atoms with Crippen molar-refractivity contribution < 1.29 is 14.4 Å². The Morgan fingerprint density at radius 1 is 1.44 bits per heavy atom. The molecule has 1 aliphatic heterocycles. The third-order valence-electron chi connectivity index (χ3n) is 2.38. The minimum Gasteiger partial charge on any atom is -0.336 e. The van der Waals surface area contributed by atoms with Crippen LogP contribution < -0.4 is 5.32 Å². The van der Waals surface area contributed by atoms with Gasteiger partial charge in [-0.05, 0) is 12.8 Å². The number of carbonyl (C=O) groups is 2. The van der Waals surface area contributed by atoms with E-state index < -0.39 is 0 Å². The molecule has 6 heteroatoms. The zero-order valence-corrected chi connectivity index (χ0v) is 9.07. The Balaban J connectivity index is 2.10. The molecule has 0 unspecified atom stereocenters. The maximum absolute atomic E-state index is 11.5. The lowest BCUT2D eigenvalue weighted by molar-refractivity contribution is -0.127. The van der Waals surface area contributed by atoms with Crippen molar-refractivity contribution in [3.8, 4) is 0 Å². The minimum atomic E-state index is -0.296. The largest absolute Gasteiger partial charge is 0.336 e. The first-order valence-corrected chi connectivity index (χ1v) is 5.37. The SMILES string of the molecule is O=C=NCCCCCC(=O)N1CCNC1=O. The van der Waals surface area contributed by atoms with E-state index in [9.17, 15) is 14.4 Å². The molecule has 0 saturated carbocycles. The lowest BCUT2D eigenvalue weighted by Gasteiger charge is -2.11. The van der Waals surface area contributed by atoms with Gasteiger partial charge in [0.1, 0.15) is 0 Å². The molecule has 1 saturated heterocycles. The zero-order chi connectivity index (χ0) is 11.8. The summed E-state index contributed by atoms with van der Waals surface area (Å²) in [5, 5.41) is 2.58. The summed E-state index contributed by atoms with van der Waals surface area (Å²) in [4.78, 5) is 37.1. The van der Waals surface area contributed by atoms with Gasteiger partial charge in [-0.15, -0.1) is 0 Å². The number of unbranched alkanes of at least 4 members (excludes halogenated alkanes) is 2. The predicted octanol–water partition coefficient (Wildman–Crippen LogP) is 0.434. The summed E-state index contributed by atoms with van der Waals surface area (Å²) >= 11 is 0. The van der Waals surface area contributed by atoms with E-state index in [2.05, 4.69) is 10.3 Å². The summed E-state index contributed by atoms with van der Waals surface area (Å²) in [6.45, 7) is 1.47. The Hall–Kier alpha value is -1.68. The Morgan fingerprint density at radius 3 is 2.88 bits per heavy atom. The van der Waals surface area contributed by atoms with Crippen molar-refractivity contribution in [2.24, 2.45) is 4.99 Å². The average Bonchev–Trinajstić information content (AvgIpc) is 2.69. The number of amides is 3. The van der Waals surface area contributed by atoms with Gasteiger partial charge < -0.3 is 5.32 Å². The van der Waals surface area contributed by atoms with Crippen LogP contribution in [0.3, 0.4) is 0 Å². The van der Waals surface area contributed by atoms with Crippen molar-refractivity contribution in [1.29, 1.82) is 0 Å². The molecule has 0 aromatic heterocycles. The predicted molar refractivity (Wildman–Crippen MR) is 56.6 cm³/mol. The number of hydrogen-bond donors (Lipinski definition) is 1. The average molecular weight is 225 g/mol. The van der Waals surface area contributed by atoms with Crippen molar-refractivity contribution in [3.05, 3.63) is 0 Å². The summed E-state index contributed by atoms with van der Waals surface area (Å²) in [6, 6.07) is -0.296. The van der Waals surface area contributed by atoms with E-state index >= 15 is 0 Å². The fourth-order valence-electron chi connectivity index (χ4n) is 1.53. The Kier molecular flexibility index (Phi) is 5.22. The fraction of sp³-hybridized carbons (Fsp3) is 0.700. The number of nitrogens with one attached hydrogen (secondary N) is 1. The molecule has 0 radical (unpaired) electrons. The van der Waals surface area contributed by atoms with Gasteiger partial charge in [0, 0.05) is 19.5 Å². The van der Waals surface area contributed by atoms with Gasteiger partial charge in [0.05, 0.1) is 6.54 Å². The third kappa shape index (κ3) is 3.82. The van der Waals surface area contributed by atoms with Gasteiger partial charge in [-0.2, -0.15) is 0 Å². The van der Waals surface area contributed by atoms with Crippen LogP contribution >= 0.6 is 0 Å². The number of carbonyl (C=O) groups excluding carboxylic acids is 3. The van der Waals surface area contributed by atoms with Gasteiger partial charge in [-0.3, -0.25) is 9.69 Å². The van der Waals surface area contributed by atoms with Crippen LogP contribution in [-0.2, 0) is 9.59 Å². The quantitative estimate of drug-likeness (QED) is 0.404. The number of aliphatic imine (C=N–C) groups is 1. The summed E-state index contributed by atoms with van der Waals surface area (Å²) in [5.41, 5.74) is 0. The van der Waals surface area contributed by atoms with E-state index in [4.69, 9.17) is 0 Å². The highest BCUT2D eigenvalue weighted by Gasteiger charge is 2.24. The van der Waals surface area contributed by atoms with Crippen LogP contribution in [0.25, 0.3) is 0 Å². The highest BCUT2D eigenvalue weighted by molar-refractivity contribution is 5.95. The number of imide groups is 1. The molecule has 1 aliphatic rings. The monoisotopic (exact) mass is 225 g/mol. The third-order valence-corrected chi connectivity index (χ3v) is 2.38. The molecule has 0 aliphatic carbocycles. The molecule has 16 heavy (non-hydrogen) atoms. The fourth-order valence-corrected chi connectivity index (χ4v) is 1.53. The molecule has 0 aromatic rings. The Morgan fingerprint density at radius 2 is 2.25 bits per heavy atom. The second-order valence-electron chi connectivity index (χ2n) is 3.56. The molecule has 1 N–H and O–H groups in total. The molecule has 0 bridgehead atoms. The number of rotatable bonds is 6. The maximum atomic E-state index is 11.5. The second kappa shape index (κ2) is 6.74. The minimum absolute atomic E-state index is 0.131. The Bertz CT molecular complexity index is 310. The zero-order valence-electron chi connectivity index (χ0n) is 9.07. The summed E-state index contributed by atoms with van der Waals surface area (Å²) in [6.07, 6.45) is 4.16. The first-order chi connectivity index (χ1) is 7.75. The molecule has 0 aromatic carbocycles. The smallest absolute Gasteiger partial charge is 0.324 e. The molecule has 1 rings (SSSR count). The highest BCUT2D eigenvalue weighted by Crippen LogP contribution is 2.06. The molecule has 88 valence electrons. The first kappa shape index (κ1) is 12.4. The van der Waals surface area contributed by atoms with Gasteiger partial charge in [0.25, 0.3) is 0 Å². The van der Waals surface area contributed by atoms with Crippen LogP contribution in [0, 0.1) is 0 Å². The maximum Gasteiger partial charge on any atom is 0.324 e. The van der Waals surface area contributed by atoms with Gasteiger partial charge in [0.2, 0.25) is 12.0 Å². The summed E-state index contributed by atoms with van der Waals surface area (Å²) in [7, 11) is 0. The molecule has 3 amide bonds. The highest BCUT2D eigenvalue weighted by atomic mass is 16.2. The van der Waals surface area contributed by atoms with E-state index in [-0.39, 0.29) is 11.9 Å². The summed E-state index contributed by atoms with van der Waals surface area (Å²) in [5.74, 6) is -0.131. The van der Waals surface area contributed by atoms with Crippen molar-refractivity contribution in [2.45, 2.75) is 25.7 Å². The van der Waals surface area contributed by atoms with Crippen LogP contribution in [0.15, 0.2) is 4.99 Å². The van der Waals surface area contributed by atoms with E-state index in [0.29, 0.717) is 26.1 Å². The number of urea groups is 1. The van der Waals surface area contributed by atoms with Crippen molar-refractivity contribution in [1.82, 2.24) is 10.2 Å². The molecule has 1 heterocycles. The topological polar surface area (TPSA) is 78.8 Å². The van der Waals surface area contributed by atoms with Crippen molar-refractivity contribution in [2.75, 3.05) is 19.6 Å². The molecule has 1 fully saturated rings. The molecular formula is C10H15N3O3. The van der Waals surface area contributed by atoms with Crippen LogP contribution in [0.1, 0.15) is 25.7 Å². The van der Waals surface area contributed by atoms with Crippen molar-refractivity contribution >= 4 is 18.0 Å².